The quantitative estimate of drug-likeness (QED) is 0.722. The minimum absolute atomic E-state index is 0.0273. The normalized spacial score (nSPS) is 23.3. The number of rotatable bonds is 6. The van der Waals surface area contributed by atoms with Gasteiger partial charge in [-0.25, -0.2) is 13.2 Å². The Morgan fingerprint density at radius 1 is 1.29 bits per heavy atom. The number of hydrogen-bond acceptors (Lipinski definition) is 6. The van der Waals surface area contributed by atoms with Crippen LogP contribution >= 0.6 is 0 Å². The monoisotopic (exact) mass is 411 g/mol. The fourth-order valence-electron chi connectivity index (χ4n) is 4.19. The van der Waals surface area contributed by atoms with Gasteiger partial charge in [0.2, 0.25) is 10.0 Å². The maximum absolute atomic E-state index is 13.1. The van der Waals surface area contributed by atoms with E-state index in [0.29, 0.717) is 25.9 Å². The Morgan fingerprint density at radius 3 is 2.61 bits per heavy atom. The van der Waals surface area contributed by atoms with E-state index in [2.05, 4.69) is 0 Å². The number of hydrogen-bond donors (Lipinski definition) is 1. The molecule has 8 heteroatoms. The number of methoxy groups -OCH3 is 1. The second-order valence-electron chi connectivity index (χ2n) is 7.74. The molecule has 0 saturated carbocycles. The van der Waals surface area contributed by atoms with E-state index in [4.69, 9.17) is 9.47 Å². The maximum atomic E-state index is 13.1. The van der Waals surface area contributed by atoms with Gasteiger partial charge in [0.15, 0.2) is 0 Å². The van der Waals surface area contributed by atoms with Crippen molar-refractivity contribution in [3.63, 3.8) is 0 Å². The molecule has 0 aromatic heterocycles. The van der Waals surface area contributed by atoms with Crippen LogP contribution in [0.2, 0.25) is 0 Å². The van der Waals surface area contributed by atoms with Gasteiger partial charge in [0.1, 0.15) is 0 Å². The summed E-state index contributed by atoms with van der Waals surface area (Å²) >= 11 is 0. The largest absolute Gasteiger partial charge is 0.465 e. The zero-order valence-corrected chi connectivity index (χ0v) is 17.1. The topological polar surface area (TPSA) is 93.1 Å². The van der Waals surface area contributed by atoms with Crippen LogP contribution in [-0.2, 0) is 19.5 Å². The van der Waals surface area contributed by atoms with Gasteiger partial charge in [-0.1, -0.05) is 12.1 Å². The predicted molar refractivity (Wildman–Crippen MR) is 104 cm³/mol. The summed E-state index contributed by atoms with van der Waals surface area (Å²) in [6.45, 7) is 1.41. The molecule has 0 unspecified atom stereocenters. The van der Waals surface area contributed by atoms with Gasteiger partial charge in [0.25, 0.3) is 0 Å². The molecule has 0 radical (unpaired) electrons. The van der Waals surface area contributed by atoms with Crippen molar-refractivity contribution in [2.75, 3.05) is 33.4 Å². The van der Waals surface area contributed by atoms with Crippen LogP contribution in [0.1, 0.15) is 48.9 Å². The Morgan fingerprint density at radius 2 is 2.00 bits per heavy atom. The van der Waals surface area contributed by atoms with Gasteiger partial charge < -0.3 is 14.6 Å². The lowest BCUT2D eigenvalue weighted by molar-refractivity contribution is -0.0421. The van der Waals surface area contributed by atoms with Crippen LogP contribution in [0, 0.1) is 5.41 Å². The summed E-state index contributed by atoms with van der Waals surface area (Å²) in [6, 6.07) is 6.11. The molecule has 2 aliphatic heterocycles. The van der Waals surface area contributed by atoms with E-state index in [0.717, 1.165) is 32.3 Å². The van der Waals surface area contributed by atoms with Crippen LogP contribution in [0.25, 0.3) is 0 Å². The number of sulfonamides is 1. The van der Waals surface area contributed by atoms with Crippen LogP contribution in [0.3, 0.4) is 0 Å². The van der Waals surface area contributed by atoms with Gasteiger partial charge in [0.05, 0.1) is 23.7 Å². The molecule has 1 aromatic rings. The summed E-state index contributed by atoms with van der Waals surface area (Å²) in [6.07, 6.45) is 5.26. The third kappa shape index (κ3) is 4.40. The molecule has 0 spiro atoms. The molecule has 2 saturated heterocycles. The van der Waals surface area contributed by atoms with Crippen LogP contribution in [0.4, 0.5) is 0 Å². The molecular formula is C20H29NO6S. The van der Waals surface area contributed by atoms with Gasteiger partial charge in [-0.2, -0.15) is 4.31 Å². The van der Waals surface area contributed by atoms with Crippen molar-refractivity contribution >= 4 is 16.0 Å². The third-order valence-electron chi connectivity index (χ3n) is 5.96. The first-order chi connectivity index (χ1) is 13.4. The number of aliphatic hydroxyl groups is 1. The Bertz CT molecular complexity index is 780. The summed E-state index contributed by atoms with van der Waals surface area (Å²) in [4.78, 5) is 11.9. The smallest absolute Gasteiger partial charge is 0.339 e. The zero-order chi connectivity index (χ0) is 20.2. The van der Waals surface area contributed by atoms with E-state index in [9.17, 15) is 18.3 Å². The van der Waals surface area contributed by atoms with Crippen molar-refractivity contribution in [2.24, 2.45) is 5.41 Å². The summed E-state index contributed by atoms with van der Waals surface area (Å²) in [5.74, 6) is -0.671. The first kappa shape index (κ1) is 21.2. The van der Waals surface area contributed by atoms with Crippen LogP contribution in [-0.4, -0.2) is 63.3 Å². The van der Waals surface area contributed by atoms with E-state index < -0.39 is 16.0 Å². The molecule has 28 heavy (non-hydrogen) atoms. The number of piperidine rings is 1. The van der Waals surface area contributed by atoms with Crippen molar-refractivity contribution in [3.05, 3.63) is 29.8 Å². The Balaban J connectivity index is 1.74. The maximum Gasteiger partial charge on any atom is 0.339 e. The SMILES string of the molecule is COC(=O)c1ccccc1S(=O)(=O)N1CCC(CO)(C[C@H]2CCCCO2)CC1. The lowest BCUT2D eigenvalue weighted by Crippen LogP contribution is -2.46. The van der Waals surface area contributed by atoms with Crippen LogP contribution in [0.5, 0.6) is 0 Å². The van der Waals surface area contributed by atoms with Crippen molar-refractivity contribution in [3.8, 4) is 0 Å². The van der Waals surface area contributed by atoms with Crippen LogP contribution < -0.4 is 0 Å². The van der Waals surface area contributed by atoms with Gasteiger partial charge in [-0.3, -0.25) is 0 Å². The average Bonchev–Trinajstić information content (AvgIpc) is 2.74. The van der Waals surface area contributed by atoms with Gasteiger partial charge in [0, 0.05) is 26.3 Å². The van der Waals surface area contributed by atoms with E-state index in [1.54, 1.807) is 12.1 Å². The molecule has 1 atom stereocenters. The van der Waals surface area contributed by atoms with E-state index >= 15 is 0 Å². The zero-order valence-electron chi connectivity index (χ0n) is 16.3. The fourth-order valence-corrected chi connectivity index (χ4v) is 5.81. The average molecular weight is 412 g/mol. The molecular weight excluding hydrogens is 382 g/mol. The Kier molecular flexibility index (Phi) is 6.75. The molecule has 156 valence electrons. The van der Waals surface area contributed by atoms with Crippen LogP contribution in [0.15, 0.2) is 29.2 Å². The third-order valence-corrected chi connectivity index (χ3v) is 7.92. The lowest BCUT2D eigenvalue weighted by atomic mass is 9.74. The molecule has 2 fully saturated rings. The highest BCUT2D eigenvalue weighted by Gasteiger charge is 2.40. The molecule has 0 amide bonds. The number of benzene rings is 1. The summed E-state index contributed by atoms with van der Waals surface area (Å²) in [7, 11) is -2.59. The molecule has 7 nitrogen and oxygen atoms in total. The molecule has 0 bridgehead atoms. The van der Waals surface area contributed by atoms with E-state index in [1.165, 1.54) is 23.5 Å². The minimum atomic E-state index is -3.82. The molecule has 2 heterocycles. The number of aliphatic hydroxyl groups excluding tert-OH is 1. The first-order valence-electron chi connectivity index (χ1n) is 9.82. The number of carbonyl (C=O) groups excluding carboxylic acids is 1. The number of nitrogens with zero attached hydrogens (tertiary/aromatic N) is 1. The highest BCUT2D eigenvalue weighted by Crippen LogP contribution is 2.39. The standard InChI is InChI=1S/C20H29NO6S/c1-26-19(23)17-7-2-3-8-18(17)28(24,25)21-11-9-20(15-22,10-12-21)14-16-6-4-5-13-27-16/h2-3,7-8,16,22H,4-6,9-15H2,1H3/t16-/m1/s1. The minimum Gasteiger partial charge on any atom is -0.465 e. The highest BCUT2D eigenvalue weighted by atomic mass is 32.2. The van der Waals surface area contributed by atoms with Crippen molar-refractivity contribution < 1.29 is 27.8 Å². The first-order valence-corrected chi connectivity index (χ1v) is 11.3. The molecule has 3 rings (SSSR count). The van der Waals surface area contributed by atoms with E-state index in [1.807, 2.05) is 0 Å². The van der Waals surface area contributed by atoms with Gasteiger partial charge in [-0.05, 0) is 56.1 Å². The number of esters is 1. The molecule has 1 aromatic carbocycles. The summed E-state index contributed by atoms with van der Waals surface area (Å²) in [5, 5.41) is 10.0. The molecule has 2 aliphatic rings. The fraction of sp³-hybridized carbons (Fsp3) is 0.650. The lowest BCUT2D eigenvalue weighted by Gasteiger charge is -2.42. The summed E-state index contributed by atoms with van der Waals surface area (Å²) in [5.41, 5.74) is -0.268. The number of ether oxygens (including phenoxy) is 2. The van der Waals surface area contributed by atoms with Gasteiger partial charge in [-0.15, -0.1) is 0 Å². The van der Waals surface area contributed by atoms with Crippen molar-refractivity contribution in [1.29, 1.82) is 0 Å². The van der Waals surface area contributed by atoms with Gasteiger partial charge >= 0.3 is 5.97 Å². The Hall–Kier alpha value is -1.48. The summed E-state index contributed by atoms with van der Waals surface area (Å²) < 4.78 is 38.3. The van der Waals surface area contributed by atoms with Crippen molar-refractivity contribution in [1.82, 2.24) is 4.31 Å². The number of carbonyl (C=O) groups is 1. The molecule has 0 aliphatic carbocycles. The van der Waals surface area contributed by atoms with Crippen molar-refractivity contribution in [2.45, 2.75) is 49.5 Å². The second-order valence-corrected chi connectivity index (χ2v) is 9.65. The highest BCUT2D eigenvalue weighted by molar-refractivity contribution is 7.89. The molecule has 1 N–H and O–H groups in total. The predicted octanol–water partition coefficient (Wildman–Crippen LogP) is 2.20. The Labute approximate surface area is 166 Å². The van der Waals surface area contributed by atoms with E-state index in [-0.39, 0.29) is 28.6 Å². The second kappa shape index (κ2) is 8.90.